The lowest BCUT2D eigenvalue weighted by Gasteiger charge is -2.27. The lowest BCUT2D eigenvalue weighted by molar-refractivity contribution is 0.0941. The summed E-state index contributed by atoms with van der Waals surface area (Å²) in [5.41, 5.74) is 2.22. The second-order valence-corrected chi connectivity index (χ2v) is 7.07. The van der Waals surface area contributed by atoms with Gasteiger partial charge in [-0.05, 0) is 31.2 Å². The third-order valence-electron chi connectivity index (χ3n) is 2.89. The van der Waals surface area contributed by atoms with Gasteiger partial charge in [0.05, 0.1) is 5.56 Å². The van der Waals surface area contributed by atoms with Crippen molar-refractivity contribution in [3.05, 3.63) is 59.9 Å². The van der Waals surface area contributed by atoms with Crippen LogP contribution < -0.4 is 10.6 Å². The molecule has 0 aliphatic rings. The molecule has 0 saturated heterocycles. The van der Waals surface area contributed by atoms with Gasteiger partial charge >= 0.3 is 0 Å². The van der Waals surface area contributed by atoms with Crippen molar-refractivity contribution in [2.45, 2.75) is 16.9 Å². The molecule has 2 rings (SSSR count). The Hall–Kier alpha value is -1.49. The maximum atomic E-state index is 12.2. The molecule has 0 aliphatic heterocycles. The van der Waals surface area contributed by atoms with Gasteiger partial charge in [0.25, 0.3) is 5.91 Å². The maximum absolute atomic E-state index is 12.2. The third kappa shape index (κ3) is 4.77. The van der Waals surface area contributed by atoms with Gasteiger partial charge in [-0.25, -0.2) is 0 Å². The highest BCUT2D eigenvalue weighted by atomic mass is 35.6. The standard InChI is InChI=1S/C15H14Cl3N3O/c1-10-4-6-12(7-5-10)20-14(15(16,17)18)21-13(22)11-3-2-8-19-9-11/h2-9,14,20H,1H3,(H,21,22)/t14-/m0/s1. The van der Waals surface area contributed by atoms with Crippen LogP contribution in [0.25, 0.3) is 0 Å². The van der Waals surface area contributed by atoms with Crippen LogP contribution in [0.1, 0.15) is 15.9 Å². The van der Waals surface area contributed by atoms with E-state index in [1.165, 1.54) is 6.20 Å². The van der Waals surface area contributed by atoms with Crippen LogP contribution in [-0.4, -0.2) is 20.8 Å². The number of pyridine rings is 1. The second kappa shape index (κ2) is 7.18. The van der Waals surface area contributed by atoms with Crippen molar-refractivity contribution >= 4 is 46.4 Å². The van der Waals surface area contributed by atoms with Crippen LogP contribution in [0, 0.1) is 6.92 Å². The fourth-order valence-corrected chi connectivity index (χ4v) is 2.06. The molecule has 22 heavy (non-hydrogen) atoms. The number of halogens is 3. The van der Waals surface area contributed by atoms with Gasteiger partial charge in [0, 0.05) is 18.1 Å². The average Bonchev–Trinajstić information content (AvgIpc) is 2.48. The Morgan fingerprint density at radius 1 is 1.18 bits per heavy atom. The summed E-state index contributed by atoms with van der Waals surface area (Å²) >= 11 is 17.8. The van der Waals surface area contributed by atoms with Crippen molar-refractivity contribution in [2.24, 2.45) is 0 Å². The number of aryl methyl sites for hydroxylation is 1. The van der Waals surface area contributed by atoms with E-state index in [-0.39, 0.29) is 5.91 Å². The van der Waals surface area contributed by atoms with Crippen LogP contribution in [0.3, 0.4) is 0 Å². The Morgan fingerprint density at radius 2 is 1.86 bits per heavy atom. The number of hydrogen-bond acceptors (Lipinski definition) is 3. The van der Waals surface area contributed by atoms with E-state index in [4.69, 9.17) is 34.8 Å². The Morgan fingerprint density at radius 3 is 2.41 bits per heavy atom. The molecular weight excluding hydrogens is 345 g/mol. The largest absolute Gasteiger partial charge is 0.362 e. The first-order valence-corrected chi connectivity index (χ1v) is 7.60. The molecule has 0 bridgehead atoms. The second-order valence-electron chi connectivity index (χ2n) is 4.70. The molecule has 1 amide bonds. The summed E-state index contributed by atoms with van der Waals surface area (Å²) < 4.78 is -1.72. The molecule has 0 fully saturated rings. The summed E-state index contributed by atoms with van der Waals surface area (Å²) in [6.07, 6.45) is 2.12. The van der Waals surface area contributed by atoms with Crippen LogP contribution in [-0.2, 0) is 0 Å². The minimum Gasteiger partial charge on any atom is -0.362 e. The van der Waals surface area contributed by atoms with E-state index < -0.39 is 9.96 Å². The number of aromatic nitrogens is 1. The minimum absolute atomic E-state index is 0.382. The summed E-state index contributed by atoms with van der Waals surface area (Å²) in [7, 11) is 0. The molecular formula is C15H14Cl3N3O. The summed E-state index contributed by atoms with van der Waals surface area (Å²) in [6.45, 7) is 1.97. The van der Waals surface area contributed by atoms with Crippen molar-refractivity contribution in [2.75, 3.05) is 5.32 Å². The monoisotopic (exact) mass is 357 g/mol. The number of rotatable bonds is 4. The van der Waals surface area contributed by atoms with Gasteiger partial charge in [0.2, 0.25) is 3.79 Å². The molecule has 116 valence electrons. The van der Waals surface area contributed by atoms with Gasteiger partial charge in [-0.1, -0.05) is 52.5 Å². The normalized spacial score (nSPS) is 12.5. The van der Waals surface area contributed by atoms with Crippen molar-refractivity contribution in [3.63, 3.8) is 0 Å². The minimum atomic E-state index is -1.72. The van der Waals surface area contributed by atoms with Gasteiger partial charge in [-0.2, -0.15) is 0 Å². The Kier molecular flexibility index (Phi) is 5.51. The number of amides is 1. The number of anilines is 1. The maximum Gasteiger partial charge on any atom is 0.254 e. The molecule has 1 atom stereocenters. The first kappa shape index (κ1) is 16.9. The topological polar surface area (TPSA) is 54.0 Å². The van der Waals surface area contributed by atoms with E-state index in [0.29, 0.717) is 5.56 Å². The molecule has 0 radical (unpaired) electrons. The fourth-order valence-electron chi connectivity index (χ4n) is 1.73. The van der Waals surface area contributed by atoms with Gasteiger partial charge in [0.15, 0.2) is 0 Å². The Labute approximate surface area is 143 Å². The lowest BCUT2D eigenvalue weighted by Crippen LogP contribution is -2.49. The fraction of sp³-hybridized carbons (Fsp3) is 0.200. The molecule has 2 aromatic rings. The van der Waals surface area contributed by atoms with E-state index in [0.717, 1.165) is 11.3 Å². The van der Waals surface area contributed by atoms with Gasteiger partial charge in [-0.3, -0.25) is 9.78 Å². The molecule has 2 N–H and O–H groups in total. The van der Waals surface area contributed by atoms with E-state index in [2.05, 4.69) is 15.6 Å². The van der Waals surface area contributed by atoms with Crippen LogP contribution in [0.2, 0.25) is 0 Å². The SMILES string of the molecule is Cc1ccc(N[C@@H](NC(=O)c2cccnc2)C(Cl)(Cl)Cl)cc1. The molecule has 0 aliphatic carbocycles. The zero-order valence-corrected chi connectivity index (χ0v) is 14.0. The number of nitrogens with zero attached hydrogens (tertiary/aromatic N) is 1. The molecule has 0 unspecified atom stereocenters. The summed E-state index contributed by atoms with van der Waals surface area (Å²) in [4.78, 5) is 16.1. The molecule has 7 heteroatoms. The van der Waals surface area contributed by atoms with Crippen molar-refractivity contribution in [1.82, 2.24) is 10.3 Å². The number of benzene rings is 1. The number of alkyl halides is 3. The lowest BCUT2D eigenvalue weighted by atomic mass is 10.2. The predicted molar refractivity (Wildman–Crippen MR) is 90.6 cm³/mol. The van der Waals surface area contributed by atoms with Crippen LogP contribution >= 0.6 is 34.8 Å². The summed E-state index contributed by atoms with van der Waals surface area (Å²) in [6, 6.07) is 10.8. The summed E-state index contributed by atoms with van der Waals surface area (Å²) in [5.74, 6) is -0.385. The molecule has 1 aromatic carbocycles. The van der Waals surface area contributed by atoms with E-state index in [1.807, 2.05) is 31.2 Å². The smallest absolute Gasteiger partial charge is 0.254 e. The molecule has 0 spiro atoms. The van der Waals surface area contributed by atoms with Crippen LogP contribution in [0.5, 0.6) is 0 Å². The highest BCUT2D eigenvalue weighted by molar-refractivity contribution is 6.68. The highest BCUT2D eigenvalue weighted by Crippen LogP contribution is 2.31. The van der Waals surface area contributed by atoms with Gasteiger partial charge in [0.1, 0.15) is 6.17 Å². The van der Waals surface area contributed by atoms with Crippen molar-refractivity contribution in [3.8, 4) is 0 Å². The van der Waals surface area contributed by atoms with Crippen LogP contribution in [0.4, 0.5) is 5.69 Å². The first-order valence-electron chi connectivity index (χ1n) is 6.47. The number of carbonyl (C=O) groups excluding carboxylic acids is 1. The van der Waals surface area contributed by atoms with E-state index in [9.17, 15) is 4.79 Å². The van der Waals surface area contributed by atoms with Crippen molar-refractivity contribution in [1.29, 1.82) is 0 Å². The Bertz CT molecular complexity index is 627. The van der Waals surface area contributed by atoms with Crippen molar-refractivity contribution < 1.29 is 4.79 Å². The van der Waals surface area contributed by atoms with Gasteiger partial charge in [-0.15, -0.1) is 0 Å². The Balaban J connectivity index is 2.13. The number of hydrogen-bond donors (Lipinski definition) is 2. The quantitative estimate of drug-likeness (QED) is 0.643. The molecule has 1 heterocycles. The molecule has 4 nitrogen and oxygen atoms in total. The molecule has 0 saturated carbocycles. The number of nitrogens with one attached hydrogen (secondary N) is 2. The predicted octanol–water partition coefficient (Wildman–Crippen LogP) is 3.93. The van der Waals surface area contributed by atoms with E-state index in [1.54, 1.807) is 18.3 Å². The van der Waals surface area contributed by atoms with E-state index >= 15 is 0 Å². The summed E-state index contributed by atoms with van der Waals surface area (Å²) in [5, 5.41) is 5.65. The zero-order chi connectivity index (χ0) is 16.2. The molecule has 1 aromatic heterocycles. The zero-order valence-electron chi connectivity index (χ0n) is 11.7. The first-order chi connectivity index (χ1) is 10.4. The van der Waals surface area contributed by atoms with Gasteiger partial charge < -0.3 is 10.6 Å². The van der Waals surface area contributed by atoms with Crippen LogP contribution in [0.15, 0.2) is 48.8 Å². The highest BCUT2D eigenvalue weighted by Gasteiger charge is 2.34. The third-order valence-corrected chi connectivity index (χ3v) is 3.54. The number of carbonyl (C=O) groups is 1. The average molecular weight is 359 g/mol.